The van der Waals surface area contributed by atoms with Crippen LogP contribution in [0.4, 0.5) is 8.78 Å². The molecule has 0 aliphatic carbocycles. The van der Waals surface area contributed by atoms with Crippen LogP contribution in [0.2, 0.25) is 0 Å². The Morgan fingerprint density at radius 3 is 2.61 bits per heavy atom. The summed E-state index contributed by atoms with van der Waals surface area (Å²) in [4.78, 5) is 12.2. The van der Waals surface area contributed by atoms with Crippen LogP contribution >= 0.6 is 11.8 Å². The topological polar surface area (TPSA) is 26.3 Å². The van der Waals surface area contributed by atoms with E-state index in [0.29, 0.717) is 17.9 Å². The molecule has 1 aromatic rings. The third-order valence-electron chi connectivity index (χ3n) is 2.27. The fourth-order valence-electron chi connectivity index (χ4n) is 1.44. The van der Waals surface area contributed by atoms with E-state index < -0.39 is 11.6 Å². The number of halogens is 2. The van der Waals surface area contributed by atoms with Gasteiger partial charge in [0.05, 0.1) is 6.61 Å². The second-order valence-electron chi connectivity index (χ2n) is 3.72. The summed E-state index contributed by atoms with van der Waals surface area (Å²) in [7, 11) is 0. The van der Waals surface area contributed by atoms with Crippen LogP contribution in [0.5, 0.6) is 0 Å². The molecule has 100 valence electrons. The second kappa shape index (κ2) is 7.36. The highest BCUT2D eigenvalue weighted by Crippen LogP contribution is 2.28. The third kappa shape index (κ3) is 4.29. The molecule has 1 aromatic carbocycles. The number of ether oxygens (including phenoxy) is 1. The minimum absolute atomic E-state index is 0.311. The summed E-state index contributed by atoms with van der Waals surface area (Å²) in [5, 5.41) is -0.375. The highest BCUT2D eigenvalue weighted by molar-refractivity contribution is 8.00. The van der Waals surface area contributed by atoms with Crippen molar-refractivity contribution in [3.8, 4) is 0 Å². The van der Waals surface area contributed by atoms with Gasteiger partial charge < -0.3 is 4.74 Å². The maximum Gasteiger partial charge on any atom is 0.319 e. The van der Waals surface area contributed by atoms with Gasteiger partial charge in [0.1, 0.15) is 5.25 Å². The van der Waals surface area contributed by atoms with Crippen molar-refractivity contribution in [1.82, 2.24) is 0 Å². The Hall–Kier alpha value is -1.10. The standard InChI is InChI=1S/C13H16F2O2S/c1-3-5-12(13(16)17-4-2)18-9-6-7-10(14)11(15)8-9/h6-8,12H,3-5H2,1-2H3. The minimum atomic E-state index is -0.904. The third-order valence-corrected chi connectivity index (χ3v) is 3.51. The molecule has 0 aliphatic rings. The van der Waals surface area contributed by atoms with E-state index >= 15 is 0 Å². The minimum Gasteiger partial charge on any atom is -0.465 e. The molecule has 0 fully saturated rings. The zero-order valence-electron chi connectivity index (χ0n) is 10.4. The van der Waals surface area contributed by atoms with Crippen LogP contribution in [0.3, 0.4) is 0 Å². The molecule has 1 rings (SSSR count). The number of carbonyl (C=O) groups is 1. The highest BCUT2D eigenvalue weighted by atomic mass is 32.2. The van der Waals surface area contributed by atoms with E-state index in [2.05, 4.69) is 0 Å². The smallest absolute Gasteiger partial charge is 0.319 e. The average Bonchev–Trinajstić information content (AvgIpc) is 2.33. The van der Waals surface area contributed by atoms with Crippen molar-refractivity contribution in [3.63, 3.8) is 0 Å². The monoisotopic (exact) mass is 274 g/mol. The van der Waals surface area contributed by atoms with Crippen molar-refractivity contribution in [2.45, 2.75) is 36.8 Å². The molecule has 2 nitrogen and oxygen atoms in total. The maximum atomic E-state index is 13.1. The quantitative estimate of drug-likeness (QED) is 0.583. The van der Waals surface area contributed by atoms with Crippen LogP contribution in [-0.2, 0) is 9.53 Å². The predicted octanol–water partition coefficient (Wildman–Crippen LogP) is 3.79. The Labute approximate surface area is 110 Å². The molecule has 0 amide bonds. The van der Waals surface area contributed by atoms with E-state index in [4.69, 9.17) is 4.74 Å². The lowest BCUT2D eigenvalue weighted by atomic mass is 10.2. The maximum absolute atomic E-state index is 13.1. The summed E-state index contributed by atoms with van der Waals surface area (Å²) >= 11 is 1.20. The molecular formula is C13H16F2O2S. The molecule has 0 heterocycles. The Balaban J connectivity index is 2.76. The summed E-state index contributed by atoms with van der Waals surface area (Å²) < 4.78 is 30.8. The summed E-state index contributed by atoms with van der Waals surface area (Å²) in [6, 6.07) is 3.62. The van der Waals surface area contributed by atoms with Crippen LogP contribution < -0.4 is 0 Å². The van der Waals surface area contributed by atoms with Gasteiger partial charge in [0.15, 0.2) is 11.6 Å². The summed E-state index contributed by atoms with van der Waals surface area (Å²) in [5.74, 6) is -2.10. The van der Waals surface area contributed by atoms with Crippen molar-refractivity contribution in [1.29, 1.82) is 0 Å². The molecule has 5 heteroatoms. The molecule has 0 bridgehead atoms. The van der Waals surface area contributed by atoms with Crippen LogP contribution in [0.1, 0.15) is 26.7 Å². The van der Waals surface area contributed by atoms with Gasteiger partial charge in [-0.05, 0) is 31.5 Å². The van der Waals surface area contributed by atoms with Gasteiger partial charge in [-0.15, -0.1) is 11.8 Å². The van der Waals surface area contributed by atoms with Crippen LogP contribution in [0.15, 0.2) is 23.1 Å². The van der Waals surface area contributed by atoms with Crippen LogP contribution in [0.25, 0.3) is 0 Å². The van der Waals surface area contributed by atoms with Crippen molar-refractivity contribution in [2.24, 2.45) is 0 Å². The molecule has 0 aliphatic heterocycles. The molecule has 0 saturated carbocycles. The highest BCUT2D eigenvalue weighted by Gasteiger charge is 2.20. The number of hydrogen-bond acceptors (Lipinski definition) is 3. The molecular weight excluding hydrogens is 258 g/mol. The van der Waals surface area contributed by atoms with Crippen molar-refractivity contribution >= 4 is 17.7 Å². The fraction of sp³-hybridized carbons (Fsp3) is 0.462. The number of rotatable bonds is 6. The van der Waals surface area contributed by atoms with Crippen molar-refractivity contribution < 1.29 is 18.3 Å². The largest absolute Gasteiger partial charge is 0.465 e. The van der Waals surface area contributed by atoms with E-state index in [9.17, 15) is 13.6 Å². The lowest BCUT2D eigenvalue weighted by Crippen LogP contribution is -2.20. The zero-order chi connectivity index (χ0) is 13.5. The van der Waals surface area contributed by atoms with Gasteiger partial charge in [0, 0.05) is 4.90 Å². The first-order valence-corrected chi connectivity index (χ1v) is 6.74. The van der Waals surface area contributed by atoms with Crippen LogP contribution in [-0.4, -0.2) is 17.8 Å². The average molecular weight is 274 g/mol. The first-order chi connectivity index (χ1) is 8.58. The van der Waals surface area contributed by atoms with Gasteiger partial charge in [-0.1, -0.05) is 13.3 Å². The van der Waals surface area contributed by atoms with Gasteiger partial charge in [-0.3, -0.25) is 4.79 Å². The lowest BCUT2D eigenvalue weighted by Gasteiger charge is -2.14. The first kappa shape index (κ1) is 15.0. The zero-order valence-corrected chi connectivity index (χ0v) is 11.2. The predicted molar refractivity (Wildman–Crippen MR) is 67.5 cm³/mol. The van der Waals surface area contributed by atoms with Gasteiger partial charge in [-0.2, -0.15) is 0 Å². The van der Waals surface area contributed by atoms with E-state index in [1.807, 2.05) is 6.92 Å². The molecule has 1 unspecified atom stereocenters. The first-order valence-electron chi connectivity index (χ1n) is 5.86. The second-order valence-corrected chi connectivity index (χ2v) is 5.00. The number of esters is 1. The Morgan fingerprint density at radius 2 is 2.06 bits per heavy atom. The Bertz CT molecular complexity index is 410. The molecule has 0 spiro atoms. The van der Waals surface area contributed by atoms with E-state index in [1.54, 1.807) is 6.92 Å². The Morgan fingerprint density at radius 1 is 1.33 bits per heavy atom. The van der Waals surface area contributed by atoms with Crippen LogP contribution in [0, 0.1) is 11.6 Å². The summed E-state index contributed by atoms with van der Waals surface area (Å²) in [5.41, 5.74) is 0. The fourth-order valence-corrected chi connectivity index (χ4v) is 2.60. The SMILES string of the molecule is CCCC(Sc1ccc(F)c(F)c1)C(=O)OCC. The van der Waals surface area contributed by atoms with Gasteiger partial charge in [0.2, 0.25) is 0 Å². The number of hydrogen-bond donors (Lipinski definition) is 0. The normalized spacial score (nSPS) is 12.2. The lowest BCUT2D eigenvalue weighted by molar-refractivity contribution is -0.142. The van der Waals surface area contributed by atoms with E-state index in [1.165, 1.54) is 17.8 Å². The van der Waals surface area contributed by atoms with E-state index in [-0.39, 0.29) is 11.2 Å². The van der Waals surface area contributed by atoms with Crippen molar-refractivity contribution in [3.05, 3.63) is 29.8 Å². The number of benzene rings is 1. The van der Waals surface area contributed by atoms with Crippen molar-refractivity contribution in [2.75, 3.05) is 6.61 Å². The molecule has 0 aromatic heterocycles. The Kier molecular flexibility index (Phi) is 6.12. The molecule has 0 saturated heterocycles. The number of thioether (sulfide) groups is 1. The van der Waals surface area contributed by atoms with E-state index in [0.717, 1.165) is 18.6 Å². The molecule has 0 radical (unpaired) electrons. The van der Waals surface area contributed by atoms with Gasteiger partial charge in [-0.25, -0.2) is 8.78 Å². The summed E-state index contributed by atoms with van der Waals surface area (Å²) in [6.07, 6.45) is 1.46. The van der Waals surface area contributed by atoms with Gasteiger partial charge >= 0.3 is 5.97 Å². The molecule has 0 N–H and O–H groups in total. The van der Waals surface area contributed by atoms with Gasteiger partial charge in [0.25, 0.3) is 0 Å². The summed E-state index contributed by atoms with van der Waals surface area (Å²) in [6.45, 7) is 4.01. The molecule has 1 atom stereocenters. The number of carbonyl (C=O) groups excluding carboxylic acids is 1. The molecule has 18 heavy (non-hydrogen) atoms.